The minimum absolute atomic E-state index is 0.107. The van der Waals surface area contributed by atoms with Crippen LogP contribution in [0, 0.1) is 0 Å². The van der Waals surface area contributed by atoms with Crippen molar-refractivity contribution in [2.45, 2.75) is 38.3 Å². The molecule has 3 N–H and O–H groups in total. The summed E-state index contributed by atoms with van der Waals surface area (Å²) in [5.41, 5.74) is 4.21. The fraction of sp³-hybridized carbons (Fsp3) is 0.429. The van der Waals surface area contributed by atoms with Crippen molar-refractivity contribution in [1.82, 2.24) is 25.1 Å². The molecule has 37 heavy (non-hydrogen) atoms. The zero-order valence-electron chi connectivity index (χ0n) is 21.5. The molecule has 1 saturated carbocycles. The van der Waals surface area contributed by atoms with Gasteiger partial charge in [0.25, 0.3) is 0 Å². The number of nitrogens with one attached hydrogen (secondary N) is 3. The predicted molar refractivity (Wildman–Crippen MR) is 148 cm³/mol. The molecule has 9 nitrogen and oxygen atoms in total. The number of carbonyl (C=O) groups is 1. The van der Waals surface area contributed by atoms with E-state index in [9.17, 15) is 4.79 Å². The van der Waals surface area contributed by atoms with Crippen molar-refractivity contribution in [3.05, 3.63) is 65.8 Å². The number of benzene rings is 1. The van der Waals surface area contributed by atoms with Crippen molar-refractivity contribution >= 4 is 29.8 Å². The molecule has 2 unspecified atom stereocenters. The molecule has 9 heteroatoms. The number of hydrogen-bond acceptors (Lipinski definition) is 8. The van der Waals surface area contributed by atoms with Crippen molar-refractivity contribution in [1.29, 1.82) is 0 Å². The molecular weight excluding hydrogens is 464 g/mol. The van der Waals surface area contributed by atoms with E-state index in [-0.39, 0.29) is 11.4 Å². The van der Waals surface area contributed by atoms with Gasteiger partial charge in [-0.2, -0.15) is 0 Å². The molecule has 1 amide bonds. The number of anilines is 2. The van der Waals surface area contributed by atoms with Crippen LogP contribution in [0.3, 0.4) is 0 Å². The second-order valence-corrected chi connectivity index (χ2v) is 10.0. The fourth-order valence-electron chi connectivity index (χ4n) is 5.16. The first-order valence-corrected chi connectivity index (χ1v) is 13.1. The smallest absolute Gasteiger partial charge is 0.234 e. The average molecular weight is 501 g/mol. The van der Waals surface area contributed by atoms with Gasteiger partial charge in [0.15, 0.2) is 0 Å². The molecule has 1 saturated heterocycles. The second kappa shape index (κ2) is 11.2. The Morgan fingerprint density at radius 1 is 1.11 bits per heavy atom. The summed E-state index contributed by atoms with van der Waals surface area (Å²) < 4.78 is 0. The Morgan fingerprint density at radius 2 is 1.92 bits per heavy atom. The van der Waals surface area contributed by atoms with Crippen LogP contribution < -0.4 is 16.0 Å². The van der Waals surface area contributed by atoms with Crippen molar-refractivity contribution < 1.29 is 4.79 Å². The van der Waals surface area contributed by atoms with Crippen LogP contribution in [0.4, 0.5) is 11.6 Å². The van der Waals surface area contributed by atoms with E-state index in [0.717, 1.165) is 62.3 Å². The third-order valence-electron chi connectivity index (χ3n) is 7.36. The number of hydrogen-bond donors (Lipinski definition) is 3. The van der Waals surface area contributed by atoms with E-state index in [1.54, 1.807) is 12.4 Å². The summed E-state index contributed by atoms with van der Waals surface area (Å²) in [6, 6.07) is 8.46. The van der Waals surface area contributed by atoms with Gasteiger partial charge < -0.3 is 16.0 Å². The number of aliphatic imine (C=N–C) groups is 1. The summed E-state index contributed by atoms with van der Waals surface area (Å²) in [6.45, 7) is 11.3. The number of allylic oxidation sites excluding steroid dienone is 3. The Hall–Kier alpha value is -3.56. The standard InChI is InChI=1S/C28H36N8O/c1-3-22-15-25(29-2)34-24-7-4-6-21(14-24)18-35-12-13-36(28(20-35)8-9-28)19-26(37)30-10-5-11-31-27-32-16-23(22)17-33-27/h3-4,6-7,14-17,34H,2,5,8-13,18-20H2,1H3,(H,30,37)(H,31,32,33)/b22-3+,25-15+. The Balaban J connectivity index is 1.38. The van der Waals surface area contributed by atoms with Crippen molar-refractivity contribution in [3.8, 4) is 0 Å². The summed E-state index contributed by atoms with van der Waals surface area (Å²) in [5, 5.41) is 9.73. The van der Waals surface area contributed by atoms with Crippen LogP contribution in [0.15, 0.2) is 59.6 Å². The number of nitrogens with zero attached hydrogens (tertiary/aromatic N) is 5. The zero-order chi connectivity index (χ0) is 25.7. The van der Waals surface area contributed by atoms with Crippen molar-refractivity contribution in [2.24, 2.45) is 4.99 Å². The van der Waals surface area contributed by atoms with Gasteiger partial charge in [-0.1, -0.05) is 18.2 Å². The van der Waals surface area contributed by atoms with Crippen molar-refractivity contribution in [2.75, 3.05) is 49.9 Å². The van der Waals surface area contributed by atoms with E-state index in [1.807, 2.05) is 25.1 Å². The highest BCUT2D eigenvalue weighted by atomic mass is 16.2. The Labute approximate surface area is 218 Å². The summed E-state index contributed by atoms with van der Waals surface area (Å²) >= 11 is 0. The minimum atomic E-state index is 0.107. The van der Waals surface area contributed by atoms with Crippen LogP contribution in [-0.4, -0.2) is 77.2 Å². The first kappa shape index (κ1) is 25.1. The molecule has 2 atom stereocenters. The van der Waals surface area contributed by atoms with Gasteiger partial charge in [0.2, 0.25) is 11.9 Å². The molecular formula is C28H36N8O. The first-order chi connectivity index (χ1) is 18.1. The topological polar surface area (TPSA) is 97.8 Å². The Morgan fingerprint density at radius 3 is 2.68 bits per heavy atom. The predicted octanol–water partition coefficient (Wildman–Crippen LogP) is 3.12. The number of piperazine rings is 1. The molecule has 1 aliphatic carbocycles. The molecule has 194 valence electrons. The largest absolute Gasteiger partial charge is 0.355 e. The zero-order valence-corrected chi connectivity index (χ0v) is 21.5. The van der Waals surface area contributed by atoms with Gasteiger partial charge in [0, 0.05) is 68.5 Å². The molecule has 1 spiro atoms. The van der Waals surface area contributed by atoms with Gasteiger partial charge in [0.1, 0.15) is 5.82 Å². The summed E-state index contributed by atoms with van der Waals surface area (Å²) in [7, 11) is 0. The van der Waals surface area contributed by atoms with Crippen LogP contribution in [0.5, 0.6) is 0 Å². The van der Waals surface area contributed by atoms with Gasteiger partial charge in [-0.05, 0) is 62.2 Å². The van der Waals surface area contributed by atoms with E-state index in [2.05, 4.69) is 65.6 Å². The van der Waals surface area contributed by atoms with E-state index < -0.39 is 0 Å². The molecule has 6 heterocycles. The van der Waals surface area contributed by atoms with Crippen LogP contribution in [0.2, 0.25) is 0 Å². The lowest BCUT2D eigenvalue weighted by Gasteiger charge is -2.42. The maximum atomic E-state index is 12.6. The molecule has 6 aliphatic rings. The lowest BCUT2D eigenvalue weighted by atomic mass is 10.1. The summed E-state index contributed by atoms with van der Waals surface area (Å²) in [5.74, 6) is 1.34. The Kier molecular flexibility index (Phi) is 7.62. The molecule has 1 aromatic carbocycles. The van der Waals surface area contributed by atoms with Gasteiger partial charge in [0.05, 0.1) is 6.54 Å². The molecule has 2 fully saturated rings. The third-order valence-corrected chi connectivity index (χ3v) is 7.36. The van der Waals surface area contributed by atoms with E-state index in [4.69, 9.17) is 0 Å². The molecule has 2 aromatic rings. The number of carbonyl (C=O) groups excluding carboxylic acids is 1. The number of aromatic nitrogens is 2. The third kappa shape index (κ3) is 6.23. The van der Waals surface area contributed by atoms with E-state index in [1.165, 1.54) is 5.56 Å². The van der Waals surface area contributed by atoms with Crippen LogP contribution >= 0.6 is 0 Å². The summed E-state index contributed by atoms with van der Waals surface area (Å²) in [6.07, 6.45) is 10.7. The number of amides is 1. The first-order valence-electron chi connectivity index (χ1n) is 13.1. The summed E-state index contributed by atoms with van der Waals surface area (Å²) in [4.78, 5) is 30.7. The minimum Gasteiger partial charge on any atom is -0.355 e. The van der Waals surface area contributed by atoms with E-state index in [0.29, 0.717) is 31.4 Å². The maximum absolute atomic E-state index is 12.6. The fourth-order valence-corrected chi connectivity index (χ4v) is 5.16. The normalized spacial score (nSPS) is 26.5. The monoisotopic (exact) mass is 500 g/mol. The van der Waals surface area contributed by atoms with Crippen LogP contribution in [0.25, 0.3) is 5.57 Å². The maximum Gasteiger partial charge on any atom is 0.234 e. The number of rotatable bonds is 1. The highest BCUT2D eigenvalue weighted by Gasteiger charge is 2.51. The molecule has 6 bridgehead atoms. The lowest BCUT2D eigenvalue weighted by molar-refractivity contribution is -0.123. The Bertz CT molecular complexity index is 1180. The van der Waals surface area contributed by atoms with Gasteiger partial charge in [-0.25, -0.2) is 15.0 Å². The molecule has 0 radical (unpaired) electrons. The van der Waals surface area contributed by atoms with Gasteiger partial charge >= 0.3 is 0 Å². The SMILES string of the molecule is C=N/C1=C\C(=C/C)c2cnc(nc2)NCCCNC(=O)CN2CCN(Cc3cccc(c3)N1)CC21CC1. The van der Waals surface area contributed by atoms with Crippen LogP contribution in [0.1, 0.15) is 37.3 Å². The highest BCUT2D eigenvalue weighted by Crippen LogP contribution is 2.44. The highest BCUT2D eigenvalue weighted by molar-refractivity contribution is 5.78. The lowest BCUT2D eigenvalue weighted by Crippen LogP contribution is -2.56. The van der Waals surface area contributed by atoms with E-state index >= 15 is 0 Å². The quantitative estimate of drug-likeness (QED) is 0.518. The van der Waals surface area contributed by atoms with Gasteiger partial charge in [-0.15, -0.1) is 0 Å². The molecule has 1 aromatic heterocycles. The second-order valence-electron chi connectivity index (χ2n) is 10.0. The molecule has 8 rings (SSSR count). The molecule has 5 aliphatic heterocycles. The average Bonchev–Trinajstić information content (AvgIpc) is 3.68. The van der Waals surface area contributed by atoms with Gasteiger partial charge in [-0.3, -0.25) is 14.6 Å². The van der Waals surface area contributed by atoms with Crippen molar-refractivity contribution in [3.63, 3.8) is 0 Å². The van der Waals surface area contributed by atoms with Crippen LogP contribution in [-0.2, 0) is 11.3 Å².